The molecule has 1 heterocycles. The van der Waals surface area contributed by atoms with E-state index in [-0.39, 0.29) is 21.7 Å². The Morgan fingerprint density at radius 1 is 1.45 bits per heavy atom. The van der Waals surface area contributed by atoms with Crippen molar-refractivity contribution in [3.63, 3.8) is 0 Å². The van der Waals surface area contributed by atoms with Crippen LogP contribution in [0.5, 0.6) is 0 Å². The summed E-state index contributed by atoms with van der Waals surface area (Å²) >= 11 is 11.9. The molecular formula is C11H9Cl2N5O2. The van der Waals surface area contributed by atoms with Crippen LogP contribution in [-0.2, 0) is 0 Å². The minimum atomic E-state index is -0.574. The number of non-ortho nitro benzene ring substituents is 1. The highest BCUT2D eigenvalue weighted by molar-refractivity contribution is 6.39. The predicted molar refractivity (Wildman–Crippen MR) is 77.5 cm³/mol. The fourth-order valence-corrected chi connectivity index (χ4v) is 2.09. The molecule has 0 aliphatic heterocycles. The summed E-state index contributed by atoms with van der Waals surface area (Å²) in [5.74, 6) is 0.216. The molecule has 2 rings (SSSR count). The van der Waals surface area contributed by atoms with E-state index in [0.717, 1.165) is 0 Å². The Morgan fingerprint density at radius 3 is 2.50 bits per heavy atom. The van der Waals surface area contributed by atoms with Gasteiger partial charge in [-0.05, 0) is 6.92 Å². The molecule has 2 aromatic rings. The predicted octanol–water partition coefficient (Wildman–Crippen LogP) is 2.87. The van der Waals surface area contributed by atoms with Gasteiger partial charge in [0.15, 0.2) is 0 Å². The highest BCUT2D eigenvalue weighted by Gasteiger charge is 2.13. The van der Waals surface area contributed by atoms with E-state index in [4.69, 9.17) is 28.9 Å². The van der Waals surface area contributed by atoms with E-state index < -0.39 is 4.92 Å². The van der Waals surface area contributed by atoms with Crippen LogP contribution in [0.4, 0.5) is 11.6 Å². The number of halogens is 2. The maximum Gasteiger partial charge on any atom is 0.272 e. The molecule has 0 bridgehead atoms. The largest absolute Gasteiger partial charge is 0.368 e. The van der Waals surface area contributed by atoms with Gasteiger partial charge in [-0.25, -0.2) is 9.66 Å². The first-order valence-corrected chi connectivity index (χ1v) is 6.13. The van der Waals surface area contributed by atoms with E-state index in [1.54, 1.807) is 13.1 Å². The minimum Gasteiger partial charge on any atom is -0.368 e. The summed E-state index contributed by atoms with van der Waals surface area (Å²) in [7, 11) is 0. The first-order valence-electron chi connectivity index (χ1n) is 5.37. The second-order valence-corrected chi connectivity index (χ2v) is 4.72. The lowest BCUT2D eigenvalue weighted by atomic mass is 10.2. The fourth-order valence-electron chi connectivity index (χ4n) is 1.52. The van der Waals surface area contributed by atoms with Crippen molar-refractivity contribution in [3.8, 4) is 0 Å². The molecule has 0 amide bonds. The third-order valence-electron chi connectivity index (χ3n) is 2.42. The van der Waals surface area contributed by atoms with Crippen LogP contribution in [-0.4, -0.2) is 20.8 Å². The summed E-state index contributed by atoms with van der Waals surface area (Å²) in [6, 6.07) is 2.41. The van der Waals surface area contributed by atoms with Crippen molar-refractivity contribution in [1.29, 1.82) is 0 Å². The summed E-state index contributed by atoms with van der Waals surface area (Å²) in [5, 5.41) is 15.0. The van der Waals surface area contributed by atoms with Crippen molar-refractivity contribution in [2.45, 2.75) is 6.92 Å². The number of rotatable bonds is 3. The van der Waals surface area contributed by atoms with Crippen LogP contribution in [0.3, 0.4) is 0 Å². The number of hydrogen-bond donors (Lipinski definition) is 1. The number of hydrogen-bond acceptors (Lipinski definition) is 5. The Kier molecular flexibility index (Phi) is 3.91. The number of aromatic nitrogens is 2. The van der Waals surface area contributed by atoms with Gasteiger partial charge in [0.05, 0.1) is 33.1 Å². The third-order valence-corrected chi connectivity index (χ3v) is 3.05. The molecule has 0 saturated heterocycles. The standard InChI is InChI=1S/C11H9Cl2N5O2/c1-6-5-17(11(14)16-6)15-4-8-9(12)2-7(18(19)20)3-10(8)13/h2-5H,1H3,(H2,14,16). The van der Waals surface area contributed by atoms with Crippen molar-refractivity contribution in [3.05, 3.63) is 49.7 Å². The SMILES string of the molecule is Cc1cn(N=Cc2c(Cl)cc([N+](=O)[O-])cc2Cl)c(N)n1. The van der Waals surface area contributed by atoms with Crippen molar-refractivity contribution in [2.75, 3.05) is 5.73 Å². The molecule has 0 atom stereocenters. The fraction of sp³-hybridized carbons (Fsp3) is 0.0909. The van der Waals surface area contributed by atoms with Gasteiger partial charge in [0.1, 0.15) is 0 Å². The smallest absolute Gasteiger partial charge is 0.272 e. The van der Waals surface area contributed by atoms with Crippen molar-refractivity contribution >= 4 is 41.1 Å². The zero-order valence-corrected chi connectivity index (χ0v) is 11.8. The lowest BCUT2D eigenvalue weighted by molar-refractivity contribution is -0.384. The van der Waals surface area contributed by atoms with E-state index in [1.165, 1.54) is 23.0 Å². The molecule has 0 radical (unpaired) electrons. The number of benzene rings is 1. The number of aryl methyl sites for hydroxylation is 1. The zero-order valence-electron chi connectivity index (χ0n) is 10.2. The minimum absolute atomic E-state index is 0.128. The number of nitrogen functional groups attached to an aromatic ring is 1. The summed E-state index contributed by atoms with van der Waals surface area (Å²) in [6.45, 7) is 1.77. The molecule has 9 heteroatoms. The Bertz CT molecular complexity index is 688. The Labute approximate surface area is 123 Å². The molecule has 0 aliphatic carbocycles. The number of imidazole rings is 1. The van der Waals surface area contributed by atoms with Crippen molar-refractivity contribution in [1.82, 2.24) is 9.66 Å². The van der Waals surface area contributed by atoms with Crippen molar-refractivity contribution < 1.29 is 4.92 Å². The quantitative estimate of drug-likeness (QED) is 0.535. The van der Waals surface area contributed by atoms with Crippen LogP contribution in [0.25, 0.3) is 0 Å². The van der Waals surface area contributed by atoms with E-state index >= 15 is 0 Å². The summed E-state index contributed by atoms with van der Waals surface area (Å²) in [6.07, 6.45) is 2.99. The van der Waals surface area contributed by atoms with Gasteiger partial charge in [0.25, 0.3) is 5.69 Å². The molecule has 0 saturated carbocycles. The average Bonchev–Trinajstić information content (AvgIpc) is 2.66. The van der Waals surface area contributed by atoms with Crippen LogP contribution in [0.1, 0.15) is 11.3 Å². The second-order valence-electron chi connectivity index (χ2n) is 3.91. The molecular weight excluding hydrogens is 305 g/mol. The van der Waals surface area contributed by atoms with Crippen molar-refractivity contribution in [2.24, 2.45) is 5.10 Å². The topological polar surface area (TPSA) is 99.3 Å². The third kappa shape index (κ3) is 2.89. The monoisotopic (exact) mass is 313 g/mol. The molecule has 104 valence electrons. The summed E-state index contributed by atoms with van der Waals surface area (Å²) in [5.41, 5.74) is 6.52. The summed E-state index contributed by atoms with van der Waals surface area (Å²) < 4.78 is 1.35. The molecule has 1 aromatic heterocycles. The van der Waals surface area contributed by atoms with Gasteiger partial charge in [0.2, 0.25) is 5.95 Å². The second kappa shape index (κ2) is 5.48. The van der Waals surface area contributed by atoms with Crippen LogP contribution in [0, 0.1) is 17.0 Å². The molecule has 7 nitrogen and oxygen atoms in total. The first kappa shape index (κ1) is 14.3. The lowest BCUT2D eigenvalue weighted by Crippen LogP contribution is -1.98. The molecule has 20 heavy (non-hydrogen) atoms. The molecule has 0 spiro atoms. The van der Waals surface area contributed by atoms with Crippen LogP contribution >= 0.6 is 23.2 Å². The van der Waals surface area contributed by atoms with Gasteiger partial charge in [-0.15, -0.1) is 0 Å². The van der Waals surface area contributed by atoms with Gasteiger partial charge in [0, 0.05) is 17.7 Å². The summed E-state index contributed by atoms with van der Waals surface area (Å²) in [4.78, 5) is 14.1. The Morgan fingerprint density at radius 2 is 2.05 bits per heavy atom. The molecule has 2 N–H and O–H groups in total. The molecule has 0 aliphatic rings. The molecule has 0 unspecified atom stereocenters. The first-order chi connectivity index (χ1) is 9.38. The van der Waals surface area contributed by atoms with Gasteiger partial charge in [-0.2, -0.15) is 5.10 Å². The van der Waals surface area contributed by atoms with Gasteiger partial charge in [-0.1, -0.05) is 23.2 Å². The van der Waals surface area contributed by atoms with Crippen LogP contribution < -0.4 is 5.73 Å². The number of anilines is 1. The van der Waals surface area contributed by atoms with E-state index in [0.29, 0.717) is 11.3 Å². The van der Waals surface area contributed by atoms with Gasteiger partial charge in [-0.3, -0.25) is 10.1 Å². The normalized spacial score (nSPS) is 11.2. The maximum absolute atomic E-state index is 10.7. The Hall–Kier alpha value is -2.12. The maximum atomic E-state index is 10.7. The average molecular weight is 314 g/mol. The van der Waals surface area contributed by atoms with E-state index in [2.05, 4.69) is 10.1 Å². The zero-order chi connectivity index (χ0) is 14.9. The highest BCUT2D eigenvalue weighted by Crippen LogP contribution is 2.28. The molecule has 0 fully saturated rings. The van der Waals surface area contributed by atoms with E-state index in [1.807, 2.05) is 0 Å². The lowest BCUT2D eigenvalue weighted by Gasteiger charge is -2.02. The van der Waals surface area contributed by atoms with Crippen LogP contribution in [0.2, 0.25) is 10.0 Å². The van der Waals surface area contributed by atoms with Crippen LogP contribution in [0.15, 0.2) is 23.4 Å². The molecule has 1 aromatic carbocycles. The highest BCUT2D eigenvalue weighted by atomic mass is 35.5. The number of nitro groups is 1. The number of nitrogens with two attached hydrogens (primary N) is 1. The van der Waals surface area contributed by atoms with Gasteiger partial charge >= 0.3 is 0 Å². The number of nitro benzene ring substituents is 1. The van der Waals surface area contributed by atoms with Gasteiger partial charge < -0.3 is 5.73 Å². The number of nitrogens with zero attached hydrogens (tertiary/aromatic N) is 4. The van der Waals surface area contributed by atoms with E-state index in [9.17, 15) is 10.1 Å². The Balaban J connectivity index is 2.39.